The van der Waals surface area contributed by atoms with E-state index < -0.39 is 12.1 Å². The Morgan fingerprint density at radius 1 is 1.36 bits per heavy atom. The minimum absolute atomic E-state index is 0.00543. The predicted molar refractivity (Wildman–Crippen MR) is 52.4 cm³/mol. The molecule has 0 unspecified atom stereocenters. The first-order valence-corrected chi connectivity index (χ1v) is 5.08. The second kappa shape index (κ2) is 4.28. The number of alkyl halides is 3. The number of benzene rings is 1. The fraction of sp³-hybridized carbons (Fsp3) is 0.143. The van der Waals surface area contributed by atoms with Crippen LogP contribution < -0.4 is 4.74 Å². The lowest BCUT2D eigenvalue weighted by Gasteiger charge is -2.12. The Labute approximate surface area is 99.4 Å². The van der Waals surface area contributed by atoms with E-state index in [0.717, 1.165) is 0 Å². The van der Waals surface area contributed by atoms with E-state index in [1.165, 1.54) is 6.07 Å². The van der Waals surface area contributed by atoms with Crippen molar-refractivity contribution in [3.63, 3.8) is 0 Å². The second-order valence-corrected chi connectivity index (χ2v) is 4.17. The smallest absolute Gasteiger partial charge is 0.403 e. The van der Waals surface area contributed by atoms with Crippen LogP contribution in [0.1, 0.15) is 0 Å². The van der Waals surface area contributed by atoms with Crippen LogP contribution in [0.3, 0.4) is 0 Å². The van der Waals surface area contributed by atoms with E-state index in [1.807, 2.05) is 0 Å². The molecule has 0 aromatic heterocycles. The summed E-state index contributed by atoms with van der Waals surface area (Å²) in [6, 6.07) is 3.76. The first kappa shape index (κ1) is 12.1. The maximum atomic E-state index is 11.9. The molecule has 0 aliphatic heterocycles. The molecule has 7 heteroatoms. The van der Waals surface area contributed by atoms with Gasteiger partial charge in [-0.2, -0.15) is 0 Å². The van der Waals surface area contributed by atoms with Crippen LogP contribution in [-0.2, 0) is 0 Å². The summed E-state index contributed by atoms with van der Waals surface area (Å²) in [6.45, 7) is 0. The molecule has 0 heterocycles. The average molecular weight is 353 g/mol. The fourth-order valence-corrected chi connectivity index (χ4v) is 1.88. The highest BCUT2D eigenvalue weighted by Crippen LogP contribution is 2.40. The van der Waals surface area contributed by atoms with E-state index >= 15 is 0 Å². The number of hydrogen-bond donors (Lipinski definition) is 0. The molecule has 0 fully saturated rings. The van der Waals surface area contributed by atoms with Gasteiger partial charge in [-0.15, -0.1) is 13.2 Å². The van der Waals surface area contributed by atoms with Crippen molar-refractivity contribution in [1.82, 2.24) is 0 Å². The minimum Gasteiger partial charge on any atom is -0.403 e. The molecule has 0 spiro atoms. The third-order valence-corrected chi connectivity index (χ3v) is 3.02. The quantitative estimate of drug-likeness (QED) is 0.673. The summed E-state index contributed by atoms with van der Waals surface area (Å²) in [5.41, 5.74) is 0. The predicted octanol–water partition coefficient (Wildman–Crippen LogP) is 4.56. The average Bonchev–Trinajstić information content (AvgIpc) is 2.04. The van der Waals surface area contributed by atoms with Crippen molar-refractivity contribution in [3.05, 3.63) is 26.1 Å². The van der Waals surface area contributed by atoms with Crippen molar-refractivity contribution in [3.8, 4) is 5.75 Å². The lowest BCUT2D eigenvalue weighted by Crippen LogP contribution is -2.17. The van der Waals surface area contributed by atoms with Gasteiger partial charge in [-0.05, 0) is 37.9 Å². The van der Waals surface area contributed by atoms with Crippen molar-refractivity contribution in [2.45, 2.75) is 6.36 Å². The molecule has 14 heavy (non-hydrogen) atoms. The summed E-state index contributed by atoms with van der Waals surface area (Å²) in [5, 5.41) is 0.0208. The van der Waals surface area contributed by atoms with Crippen LogP contribution in [0.5, 0.6) is 5.75 Å². The molecule has 0 aliphatic rings. The normalized spacial score (nSPS) is 11.6. The number of hydrogen-bond acceptors (Lipinski definition) is 1. The second-order valence-electron chi connectivity index (χ2n) is 2.14. The molecule has 0 bridgehead atoms. The van der Waals surface area contributed by atoms with Gasteiger partial charge in [-0.1, -0.05) is 11.6 Å². The number of halogens is 6. The molecule has 0 saturated carbocycles. The van der Waals surface area contributed by atoms with E-state index in [9.17, 15) is 13.2 Å². The van der Waals surface area contributed by atoms with Gasteiger partial charge in [0.15, 0.2) is 5.75 Å². The Hall–Kier alpha value is 0.0600. The topological polar surface area (TPSA) is 9.23 Å². The van der Waals surface area contributed by atoms with E-state index in [4.69, 9.17) is 11.6 Å². The van der Waals surface area contributed by atoms with Crippen LogP contribution in [0.4, 0.5) is 13.2 Å². The Morgan fingerprint density at radius 3 is 2.43 bits per heavy atom. The van der Waals surface area contributed by atoms with Crippen LogP contribution in [0.2, 0.25) is 5.02 Å². The zero-order chi connectivity index (χ0) is 10.9. The maximum Gasteiger partial charge on any atom is 0.573 e. The van der Waals surface area contributed by atoms with Gasteiger partial charge in [0.05, 0.1) is 14.0 Å². The highest BCUT2D eigenvalue weighted by atomic mass is 79.9. The molecular weight excluding hydrogens is 352 g/mol. The van der Waals surface area contributed by atoms with E-state index in [0.29, 0.717) is 0 Å². The van der Waals surface area contributed by atoms with Gasteiger partial charge in [0, 0.05) is 6.07 Å². The first-order chi connectivity index (χ1) is 6.31. The number of rotatable bonds is 1. The van der Waals surface area contributed by atoms with Crippen molar-refractivity contribution >= 4 is 43.5 Å². The molecule has 1 radical (unpaired) electrons. The monoisotopic (exact) mass is 351 g/mol. The van der Waals surface area contributed by atoms with Gasteiger partial charge >= 0.3 is 6.36 Å². The minimum atomic E-state index is -4.75. The highest BCUT2D eigenvalue weighted by Gasteiger charge is 2.33. The SMILES string of the molecule is FC(F)(F)Oc1c(Br)c[c]c(Cl)c1Br. The summed E-state index contributed by atoms with van der Waals surface area (Å²) < 4.78 is 39.6. The molecule has 0 N–H and O–H groups in total. The van der Waals surface area contributed by atoms with Gasteiger partial charge in [0.2, 0.25) is 0 Å². The van der Waals surface area contributed by atoms with Gasteiger partial charge in [-0.3, -0.25) is 0 Å². The summed E-state index contributed by atoms with van der Waals surface area (Å²) in [5.74, 6) is -0.416. The van der Waals surface area contributed by atoms with Gasteiger partial charge in [0.25, 0.3) is 0 Å². The van der Waals surface area contributed by atoms with Gasteiger partial charge in [-0.25, -0.2) is 0 Å². The molecule has 77 valence electrons. The third-order valence-electron chi connectivity index (χ3n) is 1.15. The standard InChI is InChI=1S/C7HBr2ClF3O/c8-3-1-2-4(10)5(9)6(3)14-7(11,12)13/h1H. The van der Waals surface area contributed by atoms with Crippen LogP contribution in [0.15, 0.2) is 15.0 Å². The summed E-state index contributed by atoms with van der Waals surface area (Å²) in [6.07, 6.45) is -4.75. The van der Waals surface area contributed by atoms with Crippen LogP contribution >= 0.6 is 43.5 Å². The molecule has 0 saturated heterocycles. The molecule has 0 amide bonds. The molecule has 0 atom stereocenters. The Morgan fingerprint density at radius 2 is 1.93 bits per heavy atom. The molecule has 0 aliphatic carbocycles. The lowest BCUT2D eigenvalue weighted by molar-refractivity contribution is -0.275. The molecule has 1 nitrogen and oxygen atoms in total. The summed E-state index contributed by atoms with van der Waals surface area (Å²) in [7, 11) is 0. The van der Waals surface area contributed by atoms with E-state index in [-0.39, 0.29) is 14.0 Å². The number of ether oxygens (including phenoxy) is 1. The molecule has 1 aromatic rings. The van der Waals surface area contributed by atoms with E-state index in [2.05, 4.69) is 42.7 Å². The molecular formula is C7HBr2ClF3O. The zero-order valence-electron chi connectivity index (χ0n) is 6.25. The summed E-state index contributed by atoms with van der Waals surface area (Å²) in [4.78, 5) is 0. The molecule has 1 aromatic carbocycles. The fourth-order valence-electron chi connectivity index (χ4n) is 0.669. The largest absolute Gasteiger partial charge is 0.573 e. The Balaban J connectivity index is 3.13. The zero-order valence-corrected chi connectivity index (χ0v) is 10.2. The Bertz CT molecular complexity index is 354. The van der Waals surface area contributed by atoms with Crippen LogP contribution in [0, 0.1) is 6.07 Å². The third kappa shape index (κ3) is 3.03. The van der Waals surface area contributed by atoms with Crippen molar-refractivity contribution in [1.29, 1.82) is 0 Å². The first-order valence-electron chi connectivity index (χ1n) is 3.12. The van der Waals surface area contributed by atoms with Crippen molar-refractivity contribution in [2.75, 3.05) is 0 Å². The van der Waals surface area contributed by atoms with Crippen molar-refractivity contribution in [2.24, 2.45) is 0 Å². The van der Waals surface area contributed by atoms with Crippen LogP contribution in [-0.4, -0.2) is 6.36 Å². The molecule has 1 rings (SSSR count). The summed E-state index contributed by atoms with van der Waals surface area (Å²) >= 11 is 11.3. The van der Waals surface area contributed by atoms with Crippen molar-refractivity contribution < 1.29 is 17.9 Å². The highest BCUT2D eigenvalue weighted by molar-refractivity contribution is 9.11. The Kier molecular flexibility index (Phi) is 3.71. The lowest BCUT2D eigenvalue weighted by atomic mass is 10.3. The van der Waals surface area contributed by atoms with Gasteiger partial charge in [0.1, 0.15) is 0 Å². The van der Waals surface area contributed by atoms with Crippen LogP contribution in [0.25, 0.3) is 0 Å². The van der Waals surface area contributed by atoms with E-state index in [1.54, 1.807) is 0 Å². The maximum absolute atomic E-state index is 11.9. The van der Waals surface area contributed by atoms with Gasteiger partial charge < -0.3 is 4.74 Å².